The summed E-state index contributed by atoms with van der Waals surface area (Å²) in [5.41, 5.74) is -2.04. The molecule has 0 bridgehead atoms. The van der Waals surface area contributed by atoms with Crippen LogP contribution in [0.2, 0.25) is 0 Å². The first-order valence-electron chi connectivity index (χ1n) is 5.13. The van der Waals surface area contributed by atoms with Crippen molar-refractivity contribution in [2.45, 2.75) is 19.4 Å². The van der Waals surface area contributed by atoms with Gasteiger partial charge in [0.2, 0.25) is 0 Å². The number of anilines is 1. The number of carbonyl (C=O) groups excluding carboxylic acids is 2. The third-order valence-electron chi connectivity index (χ3n) is 3.18. The van der Waals surface area contributed by atoms with Crippen LogP contribution in [0.5, 0.6) is 0 Å². The van der Waals surface area contributed by atoms with E-state index >= 15 is 0 Å². The fourth-order valence-electron chi connectivity index (χ4n) is 2.00. The fraction of sp³-hybridized carbons (Fsp3) is 0.333. The number of hydrogen-bond acceptors (Lipinski definition) is 3. The number of carbonyl (C=O) groups is 2. The molecule has 1 heterocycles. The number of hydrogen-bond donors (Lipinski definition) is 2. The van der Waals surface area contributed by atoms with Crippen LogP contribution >= 0.6 is 15.9 Å². The van der Waals surface area contributed by atoms with Crippen LogP contribution in [0.1, 0.15) is 19.4 Å². The first-order chi connectivity index (χ1) is 7.83. The third-order valence-corrected chi connectivity index (χ3v) is 3.67. The van der Waals surface area contributed by atoms with E-state index in [0.29, 0.717) is 17.5 Å². The normalized spacial score (nSPS) is 23.2. The second-order valence-electron chi connectivity index (χ2n) is 4.69. The van der Waals surface area contributed by atoms with Crippen LogP contribution in [0.3, 0.4) is 0 Å². The number of rotatable bonds is 2. The minimum absolute atomic E-state index is 0.433. The van der Waals surface area contributed by atoms with Gasteiger partial charge in [-0.25, -0.2) is 0 Å². The molecule has 1 aliphatic heterocycles. The summed E-state index contributed by atoms with van der Waals surface area (Å²) in [6, 6.07) is 5.07. The van der Waals surface area contributed by atoms with Gasteiger partial charge >= 0.3 is 0 Å². The van der Waals surface area contributed by atoms with Gasteiger partial charge in [0.05, 0.1) is 5.41 Å². The van der Waals surface area contributed by atoms with Gasteiger partial charge in [-0.05, 0) is 26.0 Å². The molecule has 1 aromatic rings. The summed E-state index contributed by atoms with van der Waals surface area (Å²) in [5.74, 6) is -0.567. The van der Waals surface area contributed by atoms with E-state index in [2.05, 4.69) is 21.2 Å². The van der Waals surface area contributed by atoms with E-state index in [4.69, 9.17) is 0 Å². The second kappa shape index (κ2) is 3.65. The minimum Gasteiger partial charge on any atom is -0.374 e. The standard InChI is InChI=1S/C12H12BrNO3/c1-11(2,6-15)12(17)8-4-3-7(13)5-9(8)14-10(12)16/h3-6,17H,1-2H3,(H,14,16)/t12-/m1/s1. The van der Waals surface area contributed by atoms with Crippen LogP contribution in [-0.2, 0) is 15.2 Å². The van der Waals surface area contributed by atoms with Crippen molar-refractivity contribution in [2.75, 3.05) is 5.32 Å². The Hall–Kier alpha value is -1.20. The summed E-state index contributed by atoms with van der Waals surface area (Å²) in [7, 11) is 0. The predicted octanol–water partition coefficient (Wildman–Crippen LogP) is 1.81. The zero-order valence-corrected chi connectivity index (χ0v) is 11.0. The van der Waals surface area contributed by atoms with Crippen molar-refractivity contribution >= 4 is 33.8 Å². The largest absolute Gasteiger partial charge is 0.374 e. The highest BCUT2D eigenvalue weighted by molar-refractivity contribution is 9.10. The number of fused-ring (bicyclic) bond motifs is 1. The Balaban J connectivity index is 2.66. The van der Waals surface area contributed by atoms with Crippen LogP contribution < -0.4 is 5.32 Å². The highest BCUT2D eigenvalue weighted by Gasteiger charge is 2.55. The summed E-state index contributed by atoms with van der Waals surface area (Å²) in [6.45, 7) is 3.08. The Morgan fingerprint density at radius 1 is 1.47 bits per heavy atom. The summed E-state index contributed by atoms with van der Waals surface area (Å²) in [4.78, 5) is 23.0. The monoisotopic (exact) mass is 297 g/mol. The molecule has 0 aliphatic carbocycles. The van der Waals surface area contributed by atoms with Gasteiger partial charge in [0.25, 0.3) is 5.91 Å². The molecule has 90 valence electrons. The van der Waals surface area contributed by atoms with Crippen molar-refractivity contribution in [2.24, 2.45) is 5.41 Å². The van der Waals surface area contributed by atoms with Gasteiger partial charge in [-0.3, -0.25) is 4.79 Å². The Kier molecular flexibility index (Phi) is 2.63. The molecule has 1 amide bonds. The second-order valence-corrected chi connectivity index (χ2v) is 5.61. The van der Waals surface area contributed by atoms with E-state index in [-0.39, 0.29) is 0 Å². The van der Waals surface area contributed by atoms with E-state index < -0.39 is 16.9 Å². The zero-order valence-electron chi connectivity index (χ0n) is 9.45. The van der Waals surface area contributed by atoms with E-state index in [0.717, 1.165) is 4.47 Å². The minimum atomic E-state index is -1.81. The molecule has 0 aromatic heterocycles. The Morgan fingerprint density at radius 3 is 2.71 bits per heavy atom. The number of amides is 1. The molecule has 2 rings (SSSR count). The molecule has 5 heteroatoms. The topological polar surface area (TPSA) is 66.4 Å². The van der Waals surface area contributed by atoms with Crippen LogP contribution in [0.15, 0.2) is 22.7 Å². The Morgan fingerprint density at radius 2 is 2.12 bits per heavy atom. The molecule has 17 heavy (non-hydrogen) atoms. The summed E-state index contributed by atoms with van der Waals surface area (Å²) >= 11 is 3.29. The number of halogens is 1. The van der Waals surface area contributed by atoms with Crippen molar-refractivity contribution < 1.29 is 14.7 Å². The summed E-state index contributed by atoms with van der Waals surface area (Å²) in [5, 5.41) is 13.2. The molecule has 0 spiro atoms. The van der Waals surface area contributed by atoms with Crippen molar-refractivity contribution in [1.29, 1.82) is 0 Å². The highest BCUT2D eigenvalue weighted by Crippen LogP contribution is 2.46. The molecule has 0 radical (unpaired) electrons. The Labute approximate surface area is 107 Å². The molecule has 1 atom stereocenters. The van der Waals surface area contributed by atoms with Crippen molar-refractivity contribution in [1.82, 2.24) is 0 Å². The summed E-state index contributed by atoms with van der Waals surface area (Å²) < 4.78 is 0.796. The lowest BCUT2D eigenvalue weighted by Gasteiger charge is -2.33. The lowest BCUT2D eigenvalue weighted by Crippen LogP contribution is -2.48. The van der Waals surface area contributed by atoms with Gasteiger partial charge in [-0.2, -0.15) is 0 Å². The van der Waals surface area contributed by atoms with Gasteiger partial charge in [-0.15, -0.1) is 0 Å². The highest BCUT2D eigenvalue weighted by atomic mass is 79.9. The van der Waals surface area contributed by atoms with E-state index in [9.17, 15) is 14.7 Å². The smallest absolute Gasteiger partial charge is 0.262 e. The number of aldehydes is 1. The summed E-state index contributed by atoms with van der Waals surface area (Å²) in [6.07, 6.45) is 0.601. The molecule has 0 saturated heterocycles. The van der Waals surface area contributed by atoms with Gasteiger partial charge in [0, 0.05) is 15.7 Å². The van der Waals surface area contributed by atoms with E-state index in [1.165, 1.54) is 13.8 Å². The Bertz CT molecular complexity index is 512. The van der Waals surface area contributed by atoms with Crippen molar-refractivity contribution in [3.8, 4) is 0 Å². The van der Waals surface area contributed by atoms with Crippen LogP contribution in [0.25, 0.3) is 0 Å². The molecule has 1 aliphatic rings. The lowest BCUT2D eigenvalue weighted by molar-refractivity contribution is -0.152. The van der Waals surface area contributed by atoms with Crippen molar-refractivity contribution in [3.63, 3.8) is 0 Å². The third kappa shape index (κ3) is 1.53. The number of aliphatic hydroxyl groups is 1. The molecule has 4 nitrogen and oxygen atoms in total. The van der Waals surface area contributed by atoms with Crippen LogP contribution in [0.4, 0.5) is 5.69 Å². The molecule has 0 fully saturated rings. The van der Waals surface area contributed by atoms with Gasteiger partial charge < -0.3 is 15.2 Å². The molecule has 0 saturated carbocycles. The first-order valence-corrected chi connectivity index (χ1v) is 5.92. The van der Waals surface area contributed by atoms with Crippen molar-refractivity contribution in [3.05, 3.63) is 28.2 Å². The molecular formula is C12H12BrNO3. The average Bonchev–Trinajstić information content (AvgIpc) is 2.52. The van der Waals surface area contributed by atoms with Gasteiger partial charge in [-0.1, -0.05) is 22.0 Å². The quantitative estimate of drug-likeness (QED) is 0.818. The van der Waals surface area contributed by atoms with Gasteiger partial charge in [0.1, 0.15) is 6.29 Å². The lowest BCUT2D eigenvalue weighted by atomic mass is 9.72. The zero-order chi connectivity index (χ0) is 12.8. The van der Waals surface area contributed by atoms with E-state index in [1.807, 2.05) is 0 Å². The maximum absolute atomic E-state index is 11.9. The number of nitrogens with one attached hydrogen (secondary N) is 1. The molecule has 0 unspecified atom stereocenters. The molecular weight excluding hydrogens is 286 g/mol. The maximum Gasteiger partial charge on any atom is 0.262 e. The fourth-order valence-corrected chi connectivity index (χ4v) is 2.36. The van der Waals surface area contributed by atoms with Gasteiger partial charge in [0.15, 0.2) is 5.60 Å². The number of benzene rings is 1. The van der Waals surface area contributed by atoms with E-state index in [1.54, 1.807) is 18.2 Å². The maximum atomic E-state index is 11.9. The average molecular weight is 298 g/mol. The predicted molar refractivity (Wildman–Crippen MR) is 66.5 cm³/mol. The van der Waals surface area contributed by atoms with Crippen LogP contribution in [-0.4, -0.2) is 17.3 Å². The molecule has 1 aromatic carbocycles. The first kappa shape index (κ1) is 12.3. The van der Waals surface area contributed by atoms with Crippen LogP contribution in [0, 0.1) is 5.41 Å². The molecule has 2 N–H and O–H groups in total. The SMILES string of the molecule is CC(C)(C=O)[C@]1(O)C(=O)Nc2cc(Br)ccc21.